The van der Waals surface area contributed by atoms with Crippen LogP contribution in [0.1, 0.15) is 40.0 Å². The van der Waals surface area contributed by atoms with Gasteiger partial charge in [-0.25, -0.2) is 9.97 Å². The van der Waals surface area contributed by atoms with E-state index in [9.17, 15) is 14.9 Å². The maximum atomic E-state index is 11.8. The van der Waals surface area contributed by atoms with Crippen molar-refractivity contribution in [2.75, 3.05) is 29.9 Å². The van der Waals surface area contributed by atoms with Crippen LogP contribution < -0.4 is 10.2 Å². The SMILES string of the molecule is CCOC(=O)C1CCN(c2ncnc(NC(C)CC)c2[N+](=O)[O-])CC1. The molecule has 1 atom stereocenters. The van der Waals surface area contributed by atoms with Gasteiger partial charge in [0.2, 0.25) is 11.6 Å². The van der Waals surface area contributed by atoms with E-state index in [4.69, 9.17) is 4.74 Å². The van der Waals surface area contributed by atoms with E-state index in [1.807, 2.05) is 18.7 Å². The number of anilines is 2. The van der Waals surface area contributed by atoms with E-state index in [0.717, 1.165) is 6.42 Å². The van der Waals surface area contributed by atoms with Crippen molar-refractivity contribution < 1.29 is 14.5 Å². The Balaban J connectivity index is 2.18. The van der Waals surface area contributed by atoms with Gasteiger partial charge in [-0.15, -0.1) is 0 Å². The largest absolute Gasteiger partial charge is 0.466 e. The molecule has 1 aliphatic heterocycles. The minimum Gasteiger partial charge on any atom is -0.466 e. The van der Waals surface area contributed by atoms with Crippen LogP contribution in [0.15, 0.2) is 6.33 Å². The zero-order valence-electron chi connectivity index (χ0n) is 14.9. The number of nitrogens with zero attached hydrogens (tertiary/aromatic N) is 4. The number of piperidine rings is 1. The highest BCUT2D eigenvalue weighted by atomic mass is 16.6. The van der Waals surface area contributed by atoms with Gasteiger partial charge in [0.05, 0.1) is 17.4 Å². The van der Waals surface area contributed by atoms with E-state index in [1.54, 1.807) is 6.92 Å². The van der Waals surface area contributed by atoms with Gasteiger partial charge >= 0.3 is 11.7 Å². The van der Waals surface area contributed by atoms with Crippen LogP contribution in [0.3, 0.4) is 0 Å². The van der Waals surface area contributed by atoms with Crippen LogP contribution in [-0.4, -0.2) is 46.6 Å². The first kappa shape index (κ1) is 18.9. The Morgan fingerprint density at radius 3 is 2.68 bits per heavy atom. The summed E-state index contributed by atoms with van der Waals surface area (Å²) in [6.07, 6.45) is 3.34. The van der Waals surface area contributed by atoms with Gasteiger partial charge in [-0.05, 0) is 33.1 Å². The number of aromatic nitrogens is 2. The standard InChI is InChI=1S/C16H25N5O4/c1-4-11(3)19-14-13(21(23)24)15(18-10-17-14)20-8-6-12(7-9-20)16(22)25-5-2/h10-12H,4-9H2,1-3H3,(H,17,18,19). The lowest BCUT2D eigenvalue weighted by Crippen LogP contribution is -2.38. The van der Waals surface area contributed by atoms with Crippen LogP contribution in [0.5, 0.6) is 0 Å². The number of carbonyl (C=O) groups is 1. The minimum atomic E-state index is -0.447. The molecule has 0 aliphatic carbocycles. The number of carbonyl (C=O) groups excluding carboxylic acids is 1. The van der Waals surface area contributed by atoms with Crippen LogP contribution >= 0.6 is 0 Å². The Morgan fingerprint density at radius 1 is 1.44 bits per heavy atom. The number of hydrogen-bond acceptors (Lipinski definition) is 8. The molecule has 1 saturated heterocycles. The van der Waals surface area contributed by atoms with E-state index in [-0.39, 0.29) is 29.4 Å². The molecule has 0 aromatic carbocycles. The summed E-state index contributed by atoms with van der Waals surface area (Å²) in [7, 11) is 0. The van der Waals surface area contributed by atoms with E-state index in [1.165, 1.54) is 6.33 Å². The molecule has 9 nitrogen and oxygen atoms in total. The van der Waals surface area contributed by atoms with Gasteiger partial charge in [-0.1, -0.05) is 6.92 Å². The molecule has 138 valence electrons. The Morgan fingerprint density at radius 2 is 2.12 bits per heavy atom. The Kier molecular flexibility index (Phi) is 6.49. The summed E-state index contributed by atoms with van der Waals surface area (Å²) in [6, 6.07) is 0.0657. The van der Waals surface area contributed by atoms with Gasteiger partial charge in [0.1, 0.15) is 6.33 Å². The van der Waals surface area contributed by atoms with Crippen molar-refractivity contribution >= 4 is 23.3 Å². The molecule has 1 aliphatic rings. The molecule has 0 saturated carbocycles. The van der Waals surface area contributed by atoms with Crippen molar-refractivity contribution in [2.24, 2.45) is 5.92 Å². The van der Waals surface area contributed by atoms with Crippen molar-refractivity contribution in [2.45, 2.75) is 46.1 Å². The third-order valence-electron chi connectivity index (χ3n) is 4.40. The van der Waals surface area contributed by atoms with Crippen molar-refractivity contribution in [3.05, 3.63) is 16.4 Å². The highest BCUT2D eigenvalue weighted by Crippen LogP contribution is 2.34. The van der Waals surface area contributed by atoms with Crippen LogP contribution in [0.25, 0.3) is 0 Å². The predicted molar refractivity (Wildman–Crippen MR) is 93.6 cm³/mol. The number of nitro groups is 1. The fraction of sp³-hybridized carbons (Fsp3) is 0.688. The number of hydrogen-bond donors (Lipinski definition) is 1. The second kappa shape index (κ2) is 8.59. The maximum Gasteiger partial charge on any atom is 0.353 e. The van der Waals surface area contributed by atoms with Gasteiger partial charge < -0.3 is 15.0 Å². The molecule has 2 heterocycles. The molecular formula is C16H25N5O4. The first-order valence-corrected chi connectivity index (χ1v) is 8.65. The molecule has 0 radical (unpaired) electrons. The van der Waals surface area contributed by atoms with Crippen LogP contribution in [0, 0.1) is 16.0 Å². The molecule has 1 unspecified atom stereocenters. The van der Waals surface area contributed by atoms with E-state index >= 15 is 0 Å². The molecule has 0 spiro atoms. The van der Waals surface area contributed by atoms with Gasteiger partial charge in [-0.3, -0.25) is 14.9 Å². The average molecular weight is 351 g/mol. The fourth-order valence-corrected chi connectivity index (χ4v) is 2.80. The molecule has 1 N–H and O–H groups in total. The Bertz CT molecular complexity index is 617. The van der Waals surface area contributed by atoms with E-state index in [2.05, 4.69) is 15.3 Å². The summed E-state index contributed by atoms with van der Waals surface area (Å²) < 4.78 is 5.06. The molecule has 0 bridgehead atoms. The first-order chi connectivity index (χ1) is 12.0. The van der Waals surface area contributed by atoms with Gasteiger partial charge in [0.25, 0.3) is 0 Å². The lowest BCUT2D eigenvalue weighted by Gasteiger charge is -2.31. The molecule has 2 rings (SSSR count). The normalized spacial score (nSPS) is 16.4. The second-order valence-corrected chi connectivity index (χ2v) is 6.12. The molecule has 0 amide bonds. The third-order valence-corrected chi connectivity index (χ3v) is 4.40. The molecule has 9 heteroatoms. The van der Waals surface area contributed by atoms with Gasteiger partial charge in [-0.2, -0.15) is 0 Å². The summed E-state index contributed by atoms with van der Waals surface area (Å²) >= 11 is 0. The quantitative estimate of drug-likeness (QED) is 0.453. The highest BCUT2D eigenvalue weighted by Gasteiger charge is 2.32. The summed E-state index contributed by atoms with van der Waals surface area (Å²) in [5, 5.41) is 14.7. The fourth-order valence-electron chi connectivity index (χ4n) is 2.80. The van der Waals surface area contributed by atoms with Gasteiger partial charge in [0.15, 0.2) is 0 Å². The van der Waals surface area contributed by atoms with E-state index < -0.39 is 4.92 Å². The zero-order chi connectivity index (χ0) is 18.4. The first-order valence-electron chi connectivity index (χ1n) is 8.65. The summed E-state index contributed by atoms with van der Waals surface area (Å²) in [6.45, 7) is 7.11. The number of ether oxygens (including phenoxy) is 1. The van der Waals surface area contributed by atoms with Crippen LogP contribution in [0.2, 0.25) is 0 Å². The molecule has 1 aromatic rings. The third kappa shape index (κ3) is 4.55. The van der Waals surface area contributed by atoms with Crippen molar-refractivity contribution in [1.29, 1.82) is 0 Å². The topological polar surface area (TPSA) is 110 Å². The van der Waals surface area contributed by atoms with Crippen LogP contribution in [0.4, 0.5) is 17.3 Å². The van der Waals surface area contributed by atoms with E-state index in [0.29, 0.717) is 38.4 Å². The molecule has 1 fully saturated rings. The van der Waals surface area contributed by atoms with Crippen LogP contribution in [-0.2, 0) is 9.53 Å². The van der Waals surface area contributed by atoms with Crippen molar-refractivity contribution in [1.82, 2.24) is 9.97 Å². The number of nitrogens with one attached hydrogen (secondary N) is 1. The molecule has 25 heavy (non-hydrogen) atoms. The average Bonchev–Trinajstić information content (AvgIpc) is 2.61. The lowest BCUT2D eigenvalue weighted by atomic mass is 9.97. The smallest absolute Gasteiger partial charge is 0.353 e. The van der Waals surface area contributed by atoms with Crippen molar-refractivity contribution in [3.8, 4) is 0 Å². The Hall–Kier alpha value is -2.45. The van der Waals surface area contributed by atoms with Crippen molar-refractivity contribution in [3.63, 3.8) is 0 Å². The summed E-state index contributed by atoms with van der Waals surface area (Å²) in [4.78, 5) is 33.0. The predicted octanol–water partition coefficient (Wildman–Crippen LogP) is 2.37. The summed E-state index contributed by atoms with van der Waals surface area (Å²) in [5.41, 5.74) is -0.114. The highest BCUT2D eigenvalue weighted by molar-refractivity contribution is 5.74. The second-order valence-electron chi connectivity index (χ2n) is 6.12. The number of rotatable bonds is 7. The minimum absolute atomic E-state index is 0.0657. The summed E-state index contributed by atoms with van der Waals surface area (Å²) in [5.74, 6) is 0.179. The van der Waals surface area contributed by atoms with Gasteiger partial charge in [0, 0.05) is 19.1 Å². The zero-order valence-corrected chi connectivity index (χ0v) is 14.9. The Labute approximate surface area is 146 Å². The molecular weight excluding hydrogens is 326 g/mol. The lowest BCUT2D eigenvalue weighted by molar-refractivity contribution is -0.383. The number of esters is 1. The monoisotopic (exact) mass is 351 g/mol. The maximum absolute atomic E-state index is 11.8. The molecule has 1 aromatic heterocycles.